The first-order chi connectivity index (χ1) is 7.80. The standard InChI is InChI=1S/C11H19N5O/c1-7-12-8-9(13-7)15(5)11(2,14(3)4)16(6)10(8)17/h1-6H3,(H,12,13). The fourth-order valence-electron chi connectivity index (χ4n) is 2.26. The number of imidazole rings is 1. The molecule has 0 spiro atoms. The number of aryl methyl sites for hydroxylation is 1. The molecule has 6 nitrogen and oxygen atoms in total. The zero-order valence-electron chi connectivity index (χ0n) is 11.2. The lowest BCUT2D eigenvalue weighted by atomic mass is 10.1. The van der Waals surface area contributed by atoms with Crippen LogP contribution in [-0.2, 0) is 0 Å². The van der Waals surface area contributed by atoms with Crippen LogP contribution >= 0.6 is 0 Å². The van der Waals surface area contributed by atoms with E-state index in [9.17, 15) is 4.79 Å². The number of aromatic amines is 1. The number of hydrogen-bond acceptors (Lipinski definition) is 4. The van der Waals surface area contributed by atoms with Gasteiger partial charge in [0.15, 0.2) is 11.6 Å². The Morgan fingerprint density at radius 2 is 1.88 bits per heavy atom. The Balaban J connectivity index is 2.61. The summed E-state index contributed by atoms with van der Waals surface area (Å²) in [5, 5.41) is 0. The lowest BCUT2D eigenvalue weighted by molar-refractivity contribution is 0.00209. The Bertz CT molecular complexity index is 466. The van der Waals surface area contributed by atoms with Crippen LogP contribution in [0, 0.1) is 6.92 Å². The average Bonchev–Trinajstić information content (AvgIpc) is 2.65. The summed E-state index contributed by atoms with van der Waals surface area (Å²) in [5.41, 5.74) is 0.562. The van der Waals surface area contributed by atoms with Crippen LogP contribution in [0.3, 0.4) is 0 Å². The van der Waals surface area contributed by atoms with Gasteiger partial charge in [0, 0.05) is 14.1 Å². The van der Waals surface area contributed by atoms with E-state index in [2.05, 4.69) is 9.97 Å². The van der Waals surface area contributed by atoms with Gasteiger partial charge in [-0.05, 0) is 27.9 Å². The molecule has 1 aromatic heterocycles. The van der Waals surface area contributed by atoms with Gasteiger partial charge in [0.1, 0.15) is 11.5 Å². The zero-order valence-corrected chi connectivity index (χ0v) is 11.2. The van der Waals surface area contributed by atoms with Gasteiger partial charge in [-0.15, -0.1) is 0 Å². The minimum atomic E-state index is -0.508. The number of amides is 1. The van der Waals surface area contributed by atoms with Crippen LogP contribution in [0.15, 0.2) is 0 Å². The lowest BCUT2D eigenvalue weighted by Gasteiger charge is -2.52. The molecule has 17 heavy (non-hydrogen) atoms. The van der Waals surface area contributed by atoms with Gasteiger partial charge in [0.25, 0.3) is 5.91 Å². The van der Waals surface area contributed by atoms with Crippen molar-refractivity contribution in [1.82, 2.24) is 19.8 Å². The summed E-state index contributed by atoms with van der Waals surface area (Å²) in [6, 6.07) is 0. The molecule has 1 aromatic rings. The molecule has 1 unspecified atom stereocenters. The molecule has 0 fully saturated rings. The molecule has 1 N–H and O–H groups in total. The maximum atomic E-state index is 12.3. The summed E-state index contributed by atoms with van der Waals surface area (Å²) in [5.74, 6) is 0.925. The second-order valence-electron chi connectivity index (χ2n) is 4.81. The van der Waals surface area contributed by atoms with Gasteiger partial charge >= 0.3 is 0 Å². The van der Waals surface area contributed by atoms with Crippen LogP contribution in [0.5, 0.6) is 0 Å². The largest absolute Gasteiger partial charge is 0.336 e. The van der Waals surface area contributed by atoms with E-state index in [-0.39, 0.29) is 5.91 Å². The quantitative estimate of drug-likeness (QED) is 0.771. The molecule has 1 amide bonds. The summed E-state index contributed by atoms with van der Waals surface area (Å²) >= 11 is 0. The molecule has 6 heteroatoms. The zero-order chi connectivity index (χ0) is 13.0. The number of rotatable bonds is 1. The molecule has 0 saturated heterocycles. The molecule has 1 aliphatic rings. The van der Waals surface area contributed by atoms with Gasteiger partial charge in [-0.25, -0.2) is 4.98 Å². The van der Waals surface area contributed by atoms with Crippen molar-refractivity contribution in [3.05, 3.63) is 11.5 Å². The molecule has 0 aromatic carbocycles. The van der Waals surface area contributed by atoms with Crippen molar-refractivity contribution in [3.63, 3.8) is 0 Å². The van der Waals surface area contributed by atoms with Crippen LogP contribution in [0.25, 0.3) is 0 Å². The average molecular weight is 237 g/mol. The summed E-state index contributed by atoms with van der Waals surface area (Å²) in [6.45, 7) is 3.85. The Morgan fingerprint density at radius 1 is 1.29 bits per heavy atom. The van der Waals surface area contributed by atoms with Crippen molar-refractivity contribution in [3.8, 4) is 0 Å². The molecular weight excluding hydrogens is 218 g/mol. The number of aromatic nitrogens is 2. The molecule has 2 heterocycles. The molecule has 0 saturated carbocycles. The molecular formula is C11H19N5O. The minimum absolute atomic E-state index is 0.0325. The van der Waals surface area contributed by atoms with Crippen molar-refractivity contribution in [2.75, 3.05) is 33.1 Å². The number of nitrogens with one attached hydrogen (secondary N) is 1. The van der Waals surface area contributed by atoms with Gasteiger partial charge in [0.2, 0.25) is 0 Å². The fourth-order valence-corrected chi connectivity index (χ4v) is 2.26. The molecule has 2 rings (SSSR count). The smallest absolute Gasteiger partial charge is 0.276 e. The molecule has 0 radical (unpaired) electrons. The number of H-pyrrole nitrogens is 1. The first-order valence-electron chi connectivity index (χ1n) is 5.56. The maximum Gasteiger partial charge on any atom is 0.276 e. The van der Waals surface area contributed by atoms with Crippen LogP contribution in [-0.4, -0.2) is 59.7 Å². The Kier molecular flexibility index (Phi) is 2.43. The topological polar surface area (TPSA) is 55.5 Å². The third-order valence-corrected chi connectivity index (χ3v) is 3.76. The number of nitrogens with zero attached hydrogens (tertiary/aromatic N) is 4. The monoisotopic (exact) mass is 237 g/mol. The van der Waals surface area contributed by atoms with Crippen LogP contribution in [0.4, 0.5) is 5.82 Å². The Morgan fingerprint density at radius 3 is 2.41 bits per heavy atom. The van der Waals surface area contributed by atoms with E-state index in [1.54, 1.807) is 11.9 Å². The second kappa shape index (κ2) is 3.46. The van der Waals surface area contributed by atoms with Crippen molar-refractivity contribution in [1.29, 1.82) is 0 Å². The second-order valence-corrected chi connectivity index (χ2v) is 4.81. The highest BCUT2D eigenvalue weighted by Gasteiger charge is 2.46. The number of carbonyl (C=O) groups is 1. The molecule has 0 aliphatic carbocycles. The van der Waals surface area contributed by atoms with Gasteiger partial charge in [-0.2, -0.15) is 0 Å². The van der Waals surface area contributed by atoms with E-state index in [1.807, 2.05) is 44.8 Å². The normalized spacial score (nSPS) is 24.5. The van der Waals surface area contributed by atoms with Crippen LogP contribution in [0.1, 0.15) is 23.2 Å². The summed E-state index contributed by atoms with van der Waals surface area (Å²) in [4.78, 5) is 25.4. The third-order valence-electron chi connectivity index (χ3n) is 3.76. The van der Waals surface area contributed by atoms with Crippen LogP contribution < -0.4 is 4.90 Å². The predicted octanol–water partition coefficient (Wildman–Crippen LogP) is 0.475. The SMILES string of the molecule is Cc1nc2c([nH]1)C(=O)N(C)C(C)(N(C)C)N2C. The predicted molar refractivity (Wildman–Crippen MR) is 65.9 cm³/mol. The van der Waals surface area contributed by atoms with E-state index >= 15 is 0 Å². The Labute approximate surface area is 101 Å². The van der Waals surface area contributed by atoms with E-state index in [4.69, 9.17) is 0 Å². The molecule has 1 atom stereocenters. The van der Waals surface area contributed by atoms with Gasteiger partial charge < -0.3 is 14.8 Å². The minimum Gasteiger partial charge on any atom is -0.336 e. The number of fused-ring (bicyclic) bond motifs is 1. The molecule has 0 bridgehead atoms. The van der Waals surface area contributed by atoms with E-state index in [0.29, 0.717) is 11.5 Å². The van der Waals surface area contributed by atoms with Crippen molar-refractivity contribution in [2.45, 2.75) is 19.6 Å². The Hall–Kier alpha value is -1.56. The van der Waals surface area contributed by atoms with Crippen molar-refractivity contribution >= 4 is 11.7 Å². The maximum absolute atomic E-state index is 12.3. The van der Waals surface area contributed by atoms with Gasteiger partial charge in [-0.1, -0.05) is 0 Å². The first kappa shape index (κ1) is 11.9. The van der Waals surface area contributed by atoms with Crippen LogP contribution in [0.2, 0.25) is 0 Å². The number of hydrogen-bond donors (Lipinski definition) is 1. The number of anilines is 1. The molecule has 1 aliphatic heterocycles. The summed E-state index contributed by atoms with van der Waals surface area (Å²) in [6.07, 6.45) is 0. The van der Waals surface area contributed by atoms with Gasteiger partial charge in [0.05, 0.1) is 0 Å². The fraction of sp³-hybridized carbons (Fsp3) is 0.636. The number of carbonyl (C=O) groups excluding carboxylic acids is 1. The van der Waals surface area contributed by atoms with Crippen molar-refractivity contribution in [2.24, 2.45) is 0 Å². The van der Waals surface area contributed by atoms with E-state index in [1.165, 1.54) is 0 Å². The lowest BCUT2D eigenvalue weighted by Crippen LogP contribution is -2.68. The highest BCUT2D eigenvalue weighted by Crippen LogP contribution is 2.34. The molecule has 94 valence electrons. The third kappa shape index (κ3) is 1.37. The van der Waals surface area contributed by atoms with Crippen molar-refractivity contribution < 1.29 is 4.79 Å². The summed E-state index contributed by atoms with van der Waals surface area (Å²) in [7, 11) is 7.65. The van der Waals surface area contributed by atoms with Gasteiger partial charge in [-0.3, -0.25) is 9.69 Å². The first-order valence-corrected chi connectivity index (χ1v) is 5.56. The van der Waals surface area contributed by atoms with E-state index < -0.39 is 5.79 Å². The summed E-state index contributed by atoms with van der Waals surface area (Å²) < 4.78 is 0. The highest BCUT2D eigenvalue weighted by atomic mass is 16.2. The highest BCUT2D eigenvalue weighted by molar-refractivity contribution is 5.99. The van der Waals surface area contributed by atoms with E-state index in [0.717, 1.165) is 5.82 Å².